The topological polar surface area (TPSA) is 89.4 Å². The van der Waals surface area contributed by atoms with Gasteiger partial charge in [-0.15, -0.1) is 0 Å². The largest absolute Gasteiger partial charge is 0.368 e. The number of hydrogen-bond acceptors (Lipinski definition) is 3. The number of amides is 2. The third-order valence-corrected chi connectivity index (χ3v) is 2.54. The molecule has 0 radical (unpaired) electrons. The van der Waals surface area contributed by atoms with Gasteiger partial charge in [-0.25, -0.2) is 0 Å². The maximum absolute atomic E-state index is 11.5. The van der Waals surface area contributed by atoms with Crippen molar-refractivity contribution in [2.75, 3.05) is 6.54 Å². The van der Waals surface area contributed by atoms with Gasteiger partial charge in [0, 0.05) is 6.54 Å². The van der Waals surface area contributed by atoms with Gasteiger partial charge in [0.1, 0.15) is 6.04 Å². The summed E-state index contributed by atoms with van der Waals surface area (Å²) in [6, 6.07) is -0.980. The molecular formula is C9H17N3O2. The van der Waals surface area contributed by atoms with Crippen molar-refractivity contribution in [2.24, 2.45) is 17.4 Å². The standard InChI is InChI=1S/C9H17N3O2/c1-5(2)7(8(11)13)12-4-3-6(10)9(12)14/h5-7H,3-4,10H2,1-2H3,(H2,11,13). The van der Waals surface area contributed by atoms with Gasteiger partial charge in [0.05, 0.1) is 6.04 Å². The zero-order valence-corrected chi connectivity index (χ0v) is 8.56. The summed E-state index contributed by atoms with van der Waals surface area (Å²) in [7, 11) is 0. The van der Waals surface area contributed by atoms with Gasteiger partial charge in [-0.05, 0) is 12.3 Å². The molecule has 0 aliphatic carbocycles. The van der Waals surface area contributed by atoms with Gasteiger partial charge in [-0.3, -0.25) is 9.59 Å². The molecule has 2 atom stereocenters. The van der Waals surface area contributed by atoms with Crippen molar-refractivity contribution in [3.05, 3.63) is 0 Å². The summed E-state index contributed by atoms with van der Waals surface area (Å²) in [5, 5.41) is 0. The lowest BCUT2D eigenvalue weighted by atomic mass is 10.0. The highest BCUT2D eigenvalue weighted by Gasteiger charge is 2.37. The van der Waals surface area contributed by atoms with Crippen molar-refractivity contribution < 1.29 is 9.59 Å². The molecule has 0 spiro atoms. The molecule has 0 aromatic heterocycles. The van der Waals surface area contributed by atoms with Crippen molar-refractivity contribution in [1.82, 2.24) is 4.90 Å². The first-order valence-electron chi connectivity index (χ1n) is 4.80. The van der Waals surface area contributed by atoms with Gasteiger partial charge in [0.25, 0.3) is 0 Å². The van der Waals surface area contributed by atoms with Crippen molar-refractivity contribution in [1.29, 1.82) is 0 Å². The first kappa shape index (κ1) is 11.0. The molecule has 14 heavy (non-hydrogen) atoms. The number of likely N-dealkylation sites (tertiary alicyclic amines) is 1. The van der Waals surface area contributed by atoms with Gasteiger partial charge in [0.15, 0.2) is 0 Å². The summed E-state index contributed by atoms with van der Waals surface area (Å²) in [4.78, 5) is 24.2. The fourth-order valence-corrected chi connectivity index (χ4v) is 1.84. The lowest BCUT2D eigenvalue weighted by molar-refractivity contribution is -0.138. The number of rotatable bonds is 3. The van der Waals surface area contributed by atoms with Crippen LogP contribution in [-0.2, 0) is 9.59 Å². The highest BCUT2D eigenvalue weighted by molar-refractivity contribution is 5.90. The highest BCUT2D eigenvalue weighted by Crippen LogP contribution is 2.18. The van der Waals surface area contributed by atoms with E-state index in [2.05, 4.69) is 0 Å². The van der Waals surface area contributed by atoms with Crippen molar-refractivity contribution in [3.8, 4) is 0 Å². The predicted octanol–water partition coefficient (Wildman–Crippen LogP) is -0.944. The first-order chi connectivity index (χ1) is 6.45. The lowest BCUT2D eigenvalue weighted by Crippen LogP contribution is -2.50. The molecule has 1 heterocycles. The third kappa shape index (κ3) is 1.87. The van der Waals surface area contributed by atoms with Crippen LogP contribution in [0.2, 0.25) is 0 Å². The summed E-state index contributed by atoms with van der Waals surface area (Å²) in [6.07, 6.45) is 0.606. The maximum atomic E-state index is 11.5. The average Bonchev–Trinajstić information content (AvgIpc) is 2.35. The number of primary amides is 1. The van der Waals surface area contributed by atoms with Crippen LogP contribution in [0.3, 0.4) is 0 Å². The second kappa shape index (κ2) is 3.96. The average molecular weight is 199 g/mol. The van der Waals surface area contributed by atoms with Crippen LogP contribution in [0.5, 0.6) is 0 Å². The van der Waals surface area contributed by atoms with Gasteiger partial charge >= 0.3 is 0 Å². The SMILES string of the molecule is CC(C)C(C(N)=O)N1CCC(N)C1=O. The molecule has 0 bridgehead atoms. The molecule has 5 heteroatoms. The number of carbonyl (C=O) groups is 2. The molecular weight excluding hydrogens is 182 g/mol. The quantitative estimate of drug-likeness (QED) is 0.614. The Balaban J connectivity index is 2.80. The Bertz CT molecular complexity index is 252. The van der Waals surface area contributed by atoms with Crippen molar-refractivity contribution >= 4 is 11.8 Å². The number of nitrogens with zero attached hydrogens (tertiary/aromatic N) is 1. The summed E-state index contributed by atoms with van der Waals surface area (Å²) >= 11 is 0. The van der Waals surface area contributed by atoms with E-state index in [-0.39, 0.29) is 11.8 Å². The molecule has 4 N–H and O–H groups in total. The number of nitrogens with two attached hydrogens (primary N) is 2. The Morgan fingerprint density at radius 2 is 2.14 bits per heavy atom. The van der Waals surface area contributed by atoms with Crippen LogP contribution in [0, 0.1) is 5.92 Å². The van der Waals surface area contributed by atoms with Crippen LogP contribution in [0.1, 0.15) is 20.3 Å². The molecule has 1 saturated heterocycles. The van der Waals surface area contributed by atoms with Gasteiger partial charge in [-0.1, -0.05) is 13.8 Å². The van der Waals surface area contributed by atoms with Crippen LogP contribution in [0.4, 0.5) is 0 Å². The van der Waals surface area contributed by atoms with E-state index >= 15 is 0 Å². The summed E-state index contributed by atoms with van der Waals surface area (Å²) in [5.74, 6) is -0.591. The van der Waals surface area contributed by atoms with Gasteiger partial charge in [0.2, 0.25) is 11.8 Å². The van der Waals surface area contributed by atoms with E-state index in [4.69, 9.17) is 11.5 Å². The predicted molar refractivity (Wildman–Crippen MR) is 52.1 cm³/mol. The fraction of sp³-hybridized carbons (Fsp3) is 0.778. The number of carbonyl (C=O) groups excluding carboxylic acids is 2. The van der Waals surface area contributed by atoms with Crippen LogP contribution in [0.25, 0.3) is 0 Å². The Morgan fingerprint density at radius 1 is 1.57 bits per heavy atom. The zero-order chi connectivity index (χ0) is 10.9. The highest BCUT2D eigenvalue weighted by atomic mass is 16.2. The molecule has 0 aromatic carbocycles. The van der Waals surface area contributed by atoms with Crippen molar-refractivity contribution in [2.45, 2.75) is 32.4 Å². The molecule has 1 fully saturated rings. The maximum Gasteiger partial charge on any atom is 0.240 e. The summed E-state index contributed by atoms with van der Waals surface area (Å²) in [5.41, 5.74) is 10.8. The molecule has 2 amide bonds. The Kier molecular flexibility index (Phi) is 3.10. The van der Waals surface area contributed by atoms with Crippen LogP contribution in [0.15, 0.2) is 0 Å². The van der Waals surface area contributed by atoms with Gasteiger partial charge < -0.3 is 16.4 Å². The first-order valence-corrected chi connectivity index (χ1v) is 4.80. The Hall–Kier alpha value is -1.10. The zero-order valence-electron chi connectivity index (χ0n) is 8.56. The summed E-state index contributed by atoms with van der Waals surface area (Å²) < 4.78 is 0. The lowest BCUT2D eigenvalue weighted by Gasteiger charge is -2.28. The van der Waals surface area contributed by atoms with E-state index in [1.54, 1.807) is 0 Å². The third-order valence-electron chi connectivity index (χ3n) is 2.54. The van der Waals surface area contributed by atoms with Crippen LogP contribution < -0.4 is 11.5 Å². The van der Waals surface area contributed by atoms with E-state index < -0.39 is 18.0 Å². The van der Waals surface area contributed by atoms with E-state index in [1.807, 2.05) is 13.8 Å². The Morgan fingerprint density at radius 3 is 2.43 bits per heavy atom. The van der Waals surface area contributed by atoms with E-state index in [0.717, 1.165) is 0 Å². The Labute approximate surface area is 83.4 Å². The molecule has 1 aliphatic rings. The minimum atomic E-state index is -0.518. The smallest absolute Gasteiger partial charge is 0.240 e. The van der Waals surface area contributed by atoms with Crippen LogP contribution in [-0.4, -0.2) is 35.3 Å². The minimum Gasteiger partial charge on any atom is -0.368 e. The van der Waals surface area contributed by atoms with E-state index in [0.29, 0.717) is 13.0 Å². The number of hydrogen-bond donors (Lipinski definition) is 2. The van der Waals surface area contributed by atoms with E-state index in [9.17, 15) is 9.59 Å². The molecule has 0 saturated carbocycles. The van der Waals surface area contributed by atoms with Crippen molar-refractivity contribution in [3.63, 3.8) is 0 Å². The van der Waals surface area contributed by atoms with E-state index in [1.165, 1.54) is 4.90 Å². The van der Waals surface area contributed by atoms with Crippen LogP contribution >= 0.6 is 0 Å². The second-order valence-electron chi connectivity index (χ2n) is 4.02. The summed E-state index contributed by atoms with van der Waals surface area (Å²) in [6.45, 7) is 4.27. The molecule has 1 aliphatic heterocycles. The second-order valence-corrected chi connectivity index (χ2v) is 4.02. The normalized spacial score (nSPS) is 24.4. The molecule has 5 nitrogen and oxygen atoms in total. The minimum absolute atomic E-state index is 0.0294. The molecule has 1 rings (SSSR count). The molecule has 0 aromatic rings. The monoisotopic (exact) mass is 199 g/mol. The molecule has 80 valence electrons. The molecule has 2 unspecified atom stereocenters. The fourth-order valence-electron chi connectivity index (χ4n) is 1.84. The van der Waals surface area contributed by atoms with Gasteiger partial charge in [-0.2, -0.15) is 0 Å².